The Labute approximate surface area is 104 Å². The summed E-state index contributed by atoms with van der Waals surface area (Å²) in [5, 5.41) is 3.08. The lowest BCUT2D eigenvalue weighted by Gasteiger charge is -2.18. The first-order valence-electron chi connectivity index (χ1n) is 5.89. The first kappa shape index (κ1) is 10.5. The molecule has 0 aromatic heterocycles. The highest BCUT2D eigenvalue weighted by atomic mass is 79.9. The van der Waals surface area contributed by atoms with Crippen molar-refractivity contribution in [2.24, 2.45) is 16.8 Å². The fourth-order valence-corrected chi connectivity index (χ4v) is 4.61. The number of fused-ring (bicyclic) bond motifs is 1. The Bertz CT molecular complexity index is 270. The van der Waals surface area contributed by atoms with Crippen LogP contribution in [0.3, 0.4) is 0 Å². The summed E-state index contributed by atoms with van der Waals surface area (Å²) < 4.78 is 0. The van der Waals surface area contributed by atoms with Crippen LogP contribution in [0.5, 0.6) is 0 Å². The van der Waals surface area contributed by atoms with E-state index in [0.717, 1.165) is 23.7 Å². The van der Waals surface area contributed by atoms with E-state index in [1.54, 1.807) is 0 Å². The Morgan fingerprint density at radius 3 is 2.67 bits per heavy atom. The highest BCUT2D eigenvalue weighted by molar-refractivity contribution is 9.09. The van der Waals surface area contributed by atoms with E-state index in [4.69, 9.17) is 0 Å². The summed E-state index contributed by atoms with van der Waals surface area (Å²) in [6, 6.07) is 0. The monoisotopic (exact) mass is 288 g/mol. The molecule has 4 heteroatoms. The van der Waals surface area contributed by atoms with Crippen LogP contribution in [-0.2, 0) is 0 Å². The molecule has 3 atom stereocenters. The minimum atomic E-state index is 0.681. The van der Waals surface area contributed by atoms with E-state index < -0.39 is 0 Å². The number of thioether (sulfide) groups is 1. The van der Waals surface area contributed by atoms with Crippen LogP contribution in [0.2, 0.25) is 0 Å². The van der Waals surface area contributed by atoms with E-state index in [2.05, 4.69) is 25.8 Å². The Morgan fingerprint density at radius 2 is 2.07 bits per heavy atom. The van der Waals surface area contributed by atoms with Crippen LogP contribution in [0.4, 0.5) is 0 Å². The molecule has 1 saturated carbocycles. The molecule has 0 amide bonds. The van der Waals surface area contributed by atoms with Gasteiger partial charge in [0.2, 0.25) is 0 Å². The van der Waals surface area contributed by atoms with Crippen LogP contribution in [0.25, 0.3) is 0 Å². The van der Waals surface area contributed by atoms with Crippen molar-refractivity contribution in [3.63, 3.8) is 0 Å². The van der Waals surface area contributed by atoms with Gasteiger partial charge in [0, 0.05) is 23.7 Å². The van der Waals surface area contributed by atoms with Gasteiger partial charge in [0.15, 0.2) is 5.17 Å². The van der Waals surface area contributed by atoms with Crippen LogP contribution in [0.1, 0.15) is 19.3 Å². The highest BCUT2D eigenvalue weighted by Gasteiger charge is 2.38. The molecule has 15 heavy (non-hydrogen) atoms. The summed E-state index contributed by atoms with van der Waals surface area (Å²) in [5.41, 5.74) is 0. The highest BCUT2D eigenvalue weighted by Crippen LogP contribution is 2.39. The molecule has 84 valence electrons. The van der Waals surface area contributed by atoms with Gasteiger partial charge in [0.1, 0.15) is 0 Å². The number of aliphatic imine (C=N–C) groups is 1. The summed E-state index contributed by atoms with van der Waals surface area (Å²) in [7, 11) is 0. The summed E-state index contributed by atoms with van der Waals surface area (Å²) in [4.78, 5) is 7.22. The number of likely N-dealkylation sites (tertiary alicyclic amines) is 1. The second-order valence-corrected chi connectivity index (χ2v) is 6.79. The second-order valence-electron chi connectivity index (χ2n) is 4.87. The quantitative estimate of drug-likeness (QED) is 0.690. The van der Waals surface area contributed by atoms with Crippen LogP contribution in [0, 0.1) is 11.8 Å². The predicted octanol–water partition coefficient (Wildman–Crippen LogP) is 2.58. The fraction of sp³-hybridized carbons (Fsp3) is 0.909. The topological polar surface area (TPSA) is 15.6 Å². The third-order valence-electron chi connectivity index (χ3n) is 3.87. The van der Waals surface area contributed by atoms with Gasteiger partial charge in [0.05, 0.1) is 6.54 Å². The van der Waals surface area contributed by atoms with E-state index in [9.17, 15) is 0 Å². The standard InChI is InChI=1S/C11H17BrN2S/c12-4-10-5-13-11(15-10)14-6-8-2-1-3-9(8)7-14/h8-10H,1-7H2. The minimum Gasteiger partial charge on any atom is -0.351 e. The van der Waals surface area contributed by atoms with E-state index in [0.29, 0.717) is 5.25 Å². The Balaban J connectivity index is 1.61. The normalized spacial score (nSPS) is 39.7. The lowest BCUT2D eigenvalue weighted by Crippen LogP contribution is -2.26. The number of hydrogen-bond acceptors (Lipinski definition) is 3. The third kappa shape index (κ3) is 1.95. The molecule has 2 fully saturated rings. The summed E-state index contributed by atoms with van der Waals surface area (Å²) in [6.45, 7) is 3.58. The number of nitrogens with zero attached hydrogens (tertiary/aromatic N) is 2. The van der Waals surface area contributed by atoms with Crippen molar-refractivity contribution >= 4 is 32.9 Å². The maximum absolute atomic E-state index is 4.67. The average molecular weight is 289 g/mol. The molecule has 2 heterocycles. The SMILES string of the molecule is BrCC1CN=C(N2CC3CCCC3C2)S1. The van der Waals surface area contributed by atoms with Crippen molar-refractivity contribution in [3.8, 4) is 0 Å². The van der Waals surface area contributed by atoms with Gasteiger partial charge in [-0.15, -0.1) is 0 Å². The van der Waals surface area contributed by atoms with Gasteiger partial charge in [0.25, 0.3) is 0 Å². The number of halogens is 1. The first-order chi connectivity index (χ1) is 7.36. The van der Waals surface area contributed by atoms with Crippen LogP contribution in [-0.4, -0.2) is 40.3 Å². The molecular formula is C11H17BrN2S. The largest absolute Gasteiger partial charge is 0.351 e. The minimum absolute atomic E-state index is 0.681. The molecule has 2 nitrogen and oxygen atoms in total. The molecule has 3 rings (SSSR count). The zero-order valence-electron chi connectivity index (χ0n) is 8.86. The third-order valence-corrected chi connectivity index (χ3v) is 6.33. The fourth-order valence-electron chi connectivity index (χ4n) is 3.05. The maximum Gasteiger partial charge on any atom is 0.159 e. The molecule has 0 N–H and O–H groups in total. The first-order valence-corrected chi connectivity index (χ1v) is 7.89. The van der Waals surface area contributed by atoms with Crippen molar-refractivity contribution in [2.45, 2.75) is 24.5 Å². The molecule has 3 unspecified atom stereocenters. The molecule has 0 spiro atoms. The molecule has 0 radical (unpaired) electrons. The number of alkyl halides is 1. The van der Waals surface area contributed by atoms with Gasteiger partial charge in [-0.1, -0.05) is 34.1 Å². The van der Waals surface area contributed by atoms with E-state index in [1.807, 2.05) is 11.8 Å². The summed E-state index contributed by atoms with van der Waals surface area (Å²) in [5.74, 6) is 1.97. The van der Waals surface area contributed by atoms with Gasteiger partial charge < -0.3 is 4.90 Å². The van der Waals surface area contributed by atoms with E-state index in [-0.39, 0.29) is 0 Å². The molecule has 2 aliphatic heterocycles. The zero-order chi connectivity index (χ0) is 10.3. The van der Waals surface area contributed by atoms with Gasteiger partial charge in [-0.3, -0.25) is 4.99 Å². The number of rotatable bonds is 1. The molecule has 0 bridgehead atoms. The van der Waals surface area contributed by atoms with Crippen LogP contribution in [0.15, 0.2) is 4.99 Å². The lowest BCUT2D eigenvalue weighted by molar-refractivity contribution is 0.472. The molecule has 1 saturated heterocycles. The van der Waals surface area contributed by atoms with Gasteiger partial charge in [-0.25, -0.2) is 0 Å². The van der Waals surface area contributed by atoms with Gasteiger partial charge >= 0.3 is 0 Å². The molecule has 0 aromatic carbocycles. The number of hydrogen-bond donors (Lipinski definition) is 0. The Morgan fingerprint density at radius 1 is 1.33 bits per heavy atom. The number of amidine groups is 1. The molecule has 0 aromatic rings. The molecular weight excluding hydrogens is 272 g/mol. The Hall–Kier alpha value is 0.300. The van der Waals surface area contributed by atoms with Gasteiger partial charge in [-0.2, -0.15) is 0 Å². The molecule has 3 aliphatic rings. The van der Waals surface area contributed by atoms with E-state index in [1.165, 1.54) is 37.5 Å². The summed E-state index contributed by atoms with van der Waals surface area (Å²) >= 11 is 5.52. The maximum atomic E-state index is 4.67. The van der Waals surface area contributed by atoms with Crippen molar-refractivity contribution in [2.75, 3.05) is 25.0 Å². The lowest BCUT2D eigenvalue weighted by atomic mass is 10.0. The van der Waals surface area contributed by atoms with Gasteiger partial charge in [-0.05, 0) is 24.7 Å². The summed E-state index contributed by atoms with van der Waals surface area (Å²) in [6.07, 6.45) is 4.38. The van der Waals surface area contributed by atoms with E-state index >= 15 is 0 Å². The predicted molar refractivity (Wildman–Crippen MR) is 69.9 cm³/mol. The van der Waals surface area contributed by atoms with Crippen LogP contribution < -0.4 is 0 Å². The van der Waals surface area contributed by atoms with Crippen molar-refractivity contribution in [3.05, 3.63) is 0 Å². The van der Waals surface area contributed by atoms with Crippen molar-refractivity contribution in [1.29, 1.82) is 0 Å². The Kier molecular flexibility index (Phi) is 2.99. The van der Waals surface area contributed by atoms with Crippen LogP contribution >= 0.6 is 27.7 Å². The second kappa shape index (κ2) is 4.28. The molecule has 1 aliphatic carbocycles. The van der Waals surface area contributed by atoms with Crippen molar-refractivity contribution < 1.29 is 0 Å². The zero-order valence-corrected chi connectivity index (χ0v) is 11.3. The smallest absolute Gasteiger partial charge is 0.159 e. The van der Waals surface area contributed by atoms with Crippen molar-refractivity contribution in [1.82, 2.24) is 4.90 Å². The average Bonchev–Trinajstić information content (AvgIpc) is 2.91.